The van der Waals surface area contributed by atoms with Crippen molar-refractivity contribution in [2.75, 3.05) is 32.1 Å². The van der Waals surface area contributed by atoms with E-state index in [9.17, 15) is 22.4 Å². The molecule has 1 aliphatic heterocycles. The van der Waals surface area contributed by atoms with Crippen molar-refractivity contribution in [1.82, 2.24) is 9.62 Å². The molecule has 1 fully saturated rings. The standard InChI is InChI=1S/C21H24FN3O5S/c1-30-16-8-10-17(11-9-16)31(28,29)25-12-4-5-15(14-25)21(27)23-13-20(26)24-19-7-3-2-6-18(19)22/h2-3,6-11,15H,4-5,12-14H2,1H3,(H,23,27)(H,24,26)/t15-/m0/s1. The van der Waals surface area contributed by atoms with Crippen LogP contribution in [0.3, 0.4) is 0 Å². The molecule has 0 aromatic heterocycles. The number of hydrogen-bond acceptors (Lipinski definition) is 5. The third kappa shape index (κ3) is 5.59. The van der Waals surface area contributed by atoms with Crippen molar-refractivity contribution in [2.45, 2.75) is 17.7 Å². The van der Waals surface area contributed by atoms with Gasteiger partial charge in [0.15, 0.2) is 0 Å². The minimum atomic E-state index is -3.75. The molecular formula is C21H24FN3O5S. The molecule has 1 heterocycles. The average molecular weight is 450 g/mol. The van der Waals surface area contributed by atoms with Crippen LogP contribution in [0.2, 0.25) is 0 Å². The predicted octanol–water partition coefficient (Wildman–Crippen LogP) is 1.99. The minimum Gasteiger partial charge on any atom is -0.497 e. The summed E-state index contributed by atoms with van der Waals surface area (Å²) in [5.74, 6) is -1.60. The van der Waals surface area contributed by atoms with E-state index < -0.39 is 33.6 Å². The summed E-state index contributed by atoms with van der Waals surface area (Å²) in [4.78, 5) is 24.6. The van der Waals surface area contributed by atoms with Crippen LogP contribution in [0.1, 0.15) is 12.8 Å². The van der Waals surface area contributed by atoms with Gasteiger partial charge in [0, 0.05) is 13.1 Å². The molecular weight excluding hydrogens is 425 g/mol. The van der Waals surface area contributed by atoms with Crippen LogP contribution in [0.15, 0.2) is 53.4 Å². The SMILES string of the molecule is COc1ccc(S(=O)(=O)N2CCC[C@H](C(=O)NCC(=O)Nc3ccccc3F)C2)cc1. The number of anilines is 1. The first-order valence-corrected chi connectivity index (χ1v) is 11.2. The van der Waals surface area contributed by atoms with Gasteiger partial charge in [-0.05, 0) is 49.2 Å². The fourth-order valence-electron chi connectivity index (χ4n) is 3.34. The molecule has 1 aliphatic rings. The second-order valence-corrected chi connectivity index (χ2v) is 9.06. The van der Waals surface area contributed by atoms with E-state index in [0.717, 1.165) is 0 Å². The number of carbonyl (C=O) groups excluding carboxylic acids is 2. The highest BCUT2D eigenvalue weighted by Crippen LogP contribution is 2.25. The van der Waals surface area contributed by atoms with Gasteiger partial charge in [-0.1, -0.05) is 12.1 Å². The maximum atomic E-state index is 13.6. The van der Waals surface area contributed by atoms with E-state index in [2.05, 4.69) is 10.6 Å². The first-order chi connectivity index (χ1) is 14.8. The Balaban J connectivity index is 1.57. The van der Waals surface area contributed by atoms with Crippen LogP contribution in [0.25, 0.3) is 0 Å². The molecule has 3 rings (SSSR count). The Morgan fingerprint density at radius 1 is 1.16 bits per heavy atom. The fraction of sp³-hybridized carbons (Fsp3) is 0.333. The van der Waals surface area contributed by atoms with Crippen molar-refractivity contribution in [2.24, 2.45) is 5.92 Å². The van der Waals surface area contributed by atoms with Crippen molar-refractivity contribution in [3.63, 3.8) is 0 Å². The lowest BCUT2D eigenvalue weighted by Gasteiger charge is -2.31. The molecule has 0 unspecified atom stereocenters. The van der Waals surface area contributed by atoms with E-state index >= 15 is 0 Å². The number of methoxy groups -OCH3 is 1. The summed E-state index contributed by atoms with van der Waals surface area (Å²) in [5.41, 5.74) is 0.0242. The van der Waals surface area contributed by atoms with Crippen LogP contribution in [0.4, 0.5) is 10.1 Å². The van der Waals surface area contributed by atoms with Gasteiger partial charge in [0.1, 0.15) is 11.6 Å². The lowest BCUT2D eigenvalue weighted by atomic mass is 9.99. The first kappa shape index (κ1) is 22.7. The van der Waals surface area contributed by atoms with Gasteiger partial charge in [0.2, 0.25) is 21.8 Å². The zero-order valence-electron chi connectivity index (χ0n) is 17.0. The van der Waals surface area contributed by atoms with E-state index in [1.807, 2.05) is 0 Å². The van der Waals surface area contributed by atoms with Gasteiger partial charge < -0.3 is 15.4 Å². The summed E-state index contributed by atoms with van der Waals surface area (Å²) in [6.07, 6.45) is 1.03. The maximum absolute atomic E-state index is 13.6. The summed E-state index contributed by atoms with van der Waals surface area (Å²) < 4.78 is 45.8. The van der Waals surface area contributed by atoms with Crippen molar-refractivity contribution < 1.29 is 27.1 Å². The number of amides is 2. The largest absolute Gasteiger partial charge is 0.497 e. The highest BCUT2D eigenvalue weighted by atomic mass is 32.2. The van der Waals surface area contributed by atoms with Gasteiger partial charge in [-0.25, -0.2) is 12.8 Å². The lowest BCUT2D eigenvalue weighted by molar-refractivity contribution is -0.128. The molecule has 8 nitrogen and oxygen atoms in total. The van der Waals surface area contributed by atoms with Crippen molar-refractivity contribution in [3.8, 4) is 5.75 Å². The Morgan fingerprint density at radius 2 is 1.87 bits per heavy atom. The monoisotopic (exact) mass is 449 g/mol. The highest BCUT2D eigenvalue weighted by molar-refractivity contribution is 7.89. The van der Waals surface area contributed by atoms with E-state index in [4.69, 9.17) is 4.74 Å². The summed E-state index contributed by atoms with van der Waals surface area (Å²) in [6.45, 7) is -0.00403. The van der Waals surface area contributed by atoms with E-state index in [1.165, 1.54) is 41.7 Å². The lowest BCUT2D eigenvalue weighted by Crippen LogP contribution is -2.46. The Kier molecular flexibility index (Phi) is 7.24. The van der Waals surface area contributed by atoms with Crippen molar-refractivity contribution in [3.05, 3.63) is 54.3 Å². The van der Waals surface area contributed by atoms with E-state index in [-0.39, 0.29) is 23.7 Å². The molecule has 10 heteroatoms. The molecule has 2 aromatic carbocycles. The van der Waals surface area contributed by atoms with Gasteiger partial charge in [-0.3, -0.25) is 9.59 Å². The van der Waals surface area contributed by atoms with Gasteiger partial charge in [-0.2, -0.15) is 4.31 Å². The smallest absolute Gasteiger partial charge is 0.243 e. The number of benzene rings is 2. The zero-order chi connectivity index (χ0) is 22.4. The molecule has 2 amide bonds. The molecule has 0 radical (unpaired) electrons. The number of nitrogens with one attached hydrogen (secondary N) is 2. The molecule has 166 valence electrons. The van der Waals surface area contributed by atoms with Gasteiger partial charge >= 0.3 is 0 Å². The van der Waals surface area contributed by atoms with Crippen molar-refractivity contribution >= 4 is 27.5 Å². The number of sulfonamides is 1. The van der Waals surface area contributed by atoms with Crippen LogP contribution in [0, 0.1) is 11.7 Å². The number of para-hydroxylation sites is 1. The fourth-order valence-corrected chi connectivity index (χ4v) is 4.86. The van der Waals surface area contributed by atoms with E-state index in [0.29, 0.717) is 25.1 Å². The molecule has 2 N–H and O–H groups in total. The third-order valence-corrected chi connectivity index (χ3v) is 6.90. The molecule has 0 spiro atoms. The first-order valence-electron chi connectivity index (χ1n) is 9.77. The molecule has 0 bridgehead atoms. The van der Waals surface area contributed by atoms with E-state index in [1.54, 1.807) is 18.2 Å². The van der Waals surface area contributed by atoms with Gasteiger partial charge in [0.05, 0.1) is 30.2 Å². The Labute approximate surface area is 180 Å². The Morgan fingerprint density at radius 3 is 2.55 bits per heavy atom. The minimum absolute atomic E-state index is 0.0229. The number of piperidine rings is 1. The predicted molar refractivity (Wildman–Crippen MR) is 113 cm³/mol. The van der Waals surface area contributed by atoms with Crippen LogP contribution >= 0.6 is 0 Å². The summed E-state index contributed by atoms with van der Waals surface area (Å²) >= 11 is 0. The van der Waals surface area contributed by atoms with Crippen molar-refractivity contribution in [1.29, 1.82) is 0 Å². The van der Waals surface area contributed by atoms with Gasteiger partial charge in [0.25, 0.3) is 0 Å². The van der Waals surface area contributed by atoms with Crippen LogP contribution in [-0.4, -0.2) is 51.3 Å². The normalized spacial score (nSPS) is 17.0. The van der Waals surface area contributed by atoms with Crippen LogP contribution in [-0.2, 0) is 19.6 Å². The molecule has 31 heavy (non-hydrogen) atoms. The maximum Gasteiger partial charge on any atom is 0.243 e. The summed E-state index contributed by atoms with van der Waals surface area (Å²) in [5, 5.41) is 4.89. The highest BCUT2D eigenvalue weighted by Gasteiger charge is 2.33. The third-order valence-electron chi connectivity index (χ3n) is 5.02. The molecule has 1 saturated heterocycles. The summed E-state index contributed by atoms with van der Waals surface area (Å²) in [7, 11) is -2.26. The van der Waals surface area contributed by atoms with Crippen LogP contribution in [0.5, 0.6) is 5.75 Å². The number of carbonyl (C=O) groups is 2. The zero-order valence-corrected chi connectivity index (χ0v) is 17.8. The molecule has 0 aliphatic carbocycles. The number of ether oxygens (including phenoxy) is 1. The topological polar surface area (TPSA) is 105 Å². The Hall–Kier alpha value is -2.98. The summed E-state index contributed by atoms with van der Waals surface area (Å²) in [6, 6.07) is 11.8. The molecule has 1 atom stereocenters. The number of rotatable bonds is 7. The van der Waals surface area contributed by atoms with Gasteiger partial charge in [-0.15, -0.1) is 0 Å². The second-order valence-electron chi connectivity index (χ2n) is 7.12. The van der Waals surface area contributed by atoms with Crippen LogP contribution < -0.4 is 15.4 Å². The number of halogens is 1. The second kappa shape index (κ2) is 9.88. The Bertz CT molecular complexity index is 1040. The molecule has 2 aromatic rings. The average Bonchev–Trinajstić information content (AvgIpc) is 2.79. The number of nitrogens with zero attached hydrogens (tertiary/aromatic N) is 1. The quantitative estimate of drug-likeness (QED) is 0.673. The molecule has 0 saturated carbocycles. The number of hydrogen-bond donors (Lipinski definition) is 2.